The van der Waals surface area contributed by atoms with Crippen LogP contribution in [-0.4, -0.2) is 62.5 Å². The molecule has 0 radical (unpaired) electrons. The molecule has 2 aliphatic heterocycles. The Bertz CT molecular complexity index is 793. The number of hydrogen-bond donors (Lipinski definition) is 1. The second-order valence-electron chi connectivity index (χ2n) is 9.26. The number of nitrogens with one attached hydrogen (secondary N) is 1. The van der Waals surface area contributed by atoms with Crippen molar-refractivity contribution in [2.24, 2.45) is 5.41 Å². The molecule has 6 nitrogen and oxygen atoms in total. The summed E-state index contributed by atoms with van der Waals surface area (Å²) in [6.45, 7) is 9.91. The van der Waals surface area contributed by atoms with Gasteiger partial charge < -0.3 is 15.0 Å². The van der Waals surface area contributed by atoms with Crippen molar-refractivity contribution >= 4 is 15.7 Å². The van der Waals surface area contributed by atoms with Crippen LogP contribution >= 0.6 is 0 Å². The van der Waals surface area contributed by atoms with Crippen LogP contribution in [0.1, 0.15) is 50.4 Å². The summed E-state index contributed by atoms with van der Waals surface area (Å²) in [5, 5.41) is 2.83. The summed E-state index contributed by atoms with van der Waals surface area (Å²) in [5.41, 5.74) is 0.806. The molecule has 0 saturated carbocycles. The highest BCUT2D eigenvalue weighted by molar-refractivity contribution is 7.91. The first-order valence-corrected chi connectivity index (χ1v) is 11.9. The van der Waals surface area contributed by atoms with Crippen molar-refractivity contribution < 1.29 is 17.9 Å². The zero-order chi connectivity index (χ0) is 20.4. The predicted molar refractivity (Wildman–Crippen MR) is 111 cm³/mol. The van der Waals surface area contributed by atoms with E-state index in [2.05, 4.69) is 31.0 Å². The topological polar surface area (TPSA) is 75.7 Å². The number of amides is 1. The van der Waals surface area contributed by atoms with Gasteiger partial charge in [-0.1, -0.05) is 26.8 Å². The smallest absolute Gasteiger partial charge is 0.251 e. The molecule has 7 heteroatoms. The quantitative estimate of drug-likeness (QED) is 0.810. The molecule has 0 aliphatic carbocycles. The molecule has 1 atom stereocenters. The van der Waals surface area contributed by atoms with E-state index >= 15 is 0 Å². The van der Waals surface area contributed by atoms with Crippen LogP contribution in [0.15, 0.2) is 24.3 Å². The molecular weight excluding hydrogens is 376 g/mol. The third-order valence-corrected chi connectivity index (χ3v) is 6.97. The molecule has 1 aromatic carbocycles. The van der Waals surface area contributed by atoms with Gasteiger partial charge in [0.05, 0.1) is 11.5 Å². The van der Waals surface area contributed by atoms with E-state index in [0.29, 0.717) is 23.1 Å². The van der Waals surface area contributed by atoms with Gasteiger partial charge in [-0.05, 0) is 42.9 Å². The SMILES string of the molecule is CC(C)(C)CN1CCC(Oc2cccc(C(=O)NC3CCS(=O)(=O)C3)c2)CC1. The van der Waals surface area contributed by atoms with E-state index in [1.54, 1.807) is 12.1 Å². The van der Waals surface area contributed by atoms with Crippen LogP contribution in [0.2, 0.25) is 0 Å². The minimum atomic E-state index is -3.01. The molecule has 2 heterocycles. The van der Waals surface area contributed by atoms with Crippen molar-refractivity contribution in [1.29, 1.82) is 0 Å². The van der Waals surface area contributed by atoms with Gasteiger partial charge in [0.15, 0.2) is 9.84 Å². The van der Waals surface area contributed by atoms with Gasteiger partial charge in [-0.2, -0.15) is 0 Å². The molecule has 2 saturated heterocycles. The van der Waals surface area contributed by atoms with Crippen LogP contribution in [0.25, 0.3) is 0 Å². The molecule has 28 heavy (non-hydrogen) atoms. The standard InChI is InChI=1S/C21H32N2O4S/c1-21(2,3)15-23-10-7-18(8-11-23)27-19-6-4-5-16(13-19)20(24)22-17-9-12-28(25,26)14-17/h4-6,13,17-18H,7-12,14-15H2,1-3H3,(H,22,24). The lowest BCUT2D eigenvalue weighted by atomic mass is 9.94. The molecule has 3 rings (SSSR count). The summed E-state index contributed by atoms with van der Waals surface area (Å²) in [4.78, 5) is 14.9. The molecule has 156 valence electrons. The van der Waals surface area contributed by atoms with Gasteiger partial charge in [0.1, 0.15) is 11.9 Å². The minimum absolute atomic E-state index is 0.0298. The van der Waals surface area contributed by atoms with Crippen molar-refractivity contribution in [3.8, 4) is 5.75 Å². The Hall–Kier alpha value is -1.60. The third kappa shape index (κ3) is 6.21. The van der Waals surface area contributed by atoms with Gasteiger partial charge in [-0.15, -0.1) is 0 Å². The summed E-state index contributed by atoms with van der Waals surface area (Å²) in [6, 6.07) is 6.87. The zero-order valence-corrected chi connectivity index (χ0v) is 17.9. The van der Waals surface area contributed by atoms with Crippen molar-refractivity contribution in [2.75, 3.05) is 31.1 Å². The first-order valence-electron chi connectivity index (χ1n) is 10.1. The second kappa shape index (κ2) is 8.41. The number of carbonyl (C=O) groups is 1. The zero-order valence-electron chi connectivity index (χ0n) is 17.1. The van der Waals surface area contributed by atoms with Crippen molar-refractivity contribution in [3.63, 3.8) is 0 Å². The Balaban J connectivity index is 1.52. The Morgan fingerprint density at radius 2 is 1.93 bits per heavy atom. The van der Waals surface area contributed by atoms with E-state index in [-0.39, 0.29) is 29.6 Å². The van der Waals surface area contributed by atoms with Crippen LogP contribution in [0.3, 0.4) is 0 Å². The highest BCUT2D eigenvalue weighted by Crippen LogP contribution is 2.23. The maximum Gasteiger partial charge on any atom is 0.251 e. The van der Waals surface area contributed by atoms with E-state index in [1.165, 1.54) is 0 Å². The molecule has 0 aromatic heterocycles. The maximum atomic E-state index is 12.5. The Kier molecular flexibility index (Phi) is 6.34. The predicted octanol–water partition coefficient (Wildman–Crippen LogP) is 2.49. The fourth-order valence-corrected chi connectivity index (χ4v) is 5.61. The average molecular weight is 409 g/mol. The van der Waals surface area contributed by atoms with Crippen LogP contribution in [-0.2, 0) is 9.84 Å². The summed E-state index contributed by atoms with van der Waals surface area (Å²) in [7, 11) is -3.01. The Labute approximate surface area is 168 Å². The fourth-order valence-electron chi connectivity index (χ4n) is 3.94. The minimum Gasteiger partial charge on any atom is -0.490 e. The molecule has 1 N–H and O–H groups in total. The molecule has 0 bridgehead atoms. The van der Waals surface area contributed by atoms with Crippen LogP contribution in [0.5, 0.6) is 5.75 Å². The number of rotatable bonds is 5. The number of benzene rings is 1. The molecular formula is C21H32N2O4S. The van der Waals surface area contributed by atoms with E-state index in [9.17, 15) is 13.2 Å². The molecule has 2 aliphatic rings. The molecule has 0 spiro atoms. The first-order chi connectivity index (χ1) is 13.1. The largest absolute Gasteiger partial charge is 0.490 e. The average Bonchev–Trinajstić information content (AvgIpc) is 2.94. The normalized spacial score (nSPS) is 23.5. The lowest BCUT2D eigenvalue weighted by Crippen LogP contribution is -2.42. The van der Waals surface area contributed by atoms with Crippen LogP contribution in [0, 0.1) is 5.41 Å². The highest BCUT2D eigenvalue weighted by Gasteiger charge is 2.29. The summed E-state index contributed by atoms with van der Waals surface area (Å²) < 4.78 is 29.2. The molecule has 1 aromatic rings. The van der Waals surface area contributed by atoms with Crippen molar-refractivity contribution in [2.45, 2.75) is 52.2 Å². The summed E-state index contributed by atoms with van der Waals surface area (Å²) in [5.74, 6) is 0.630. The van der Waals surface area contributed by atoms with Crippen molar-refractivity contribution in [1.82, 2.24) is 10.2 Å². The second-order valence-corrected chi connectivity index (χ2v) is 11.5. The molecule has 2 fully saturated rings. The first kappa shape index (κ1) is 21.1. The Morgan fingerprint density at radius 3 is 2.54 bits per heavy atom. The monoisotopic (exact) mass is 408 g/mol. The highest BCUT2D eigenvalue weighted by atomic mass is 32.2. The Morgan fingerprint density at radius 1 is 1.21 bits per heavy atom. The maximum absolute atomic E-state index is 12.5. The van der Waals surface area contributed by atoms with Gasteiger partial charge in [0.2, 0.25) is 0 Å². The van der Waals surface area contributed by atoms with Crippen molar-refractivity contribution in [3.05, 3.63) is 29.8 Å². The van der Waals surface area contributed by atoms with E-state index in [0.717, 1.165) is 32.5 Å². The van der Waals surface area contributed by atoms with E-state index < -0.39 is 9.84 Å². The van der Waals surface area contributed by atoms with Gasteiger partial charge in [-0.3, -0.25) is 4.79 Å². The summed E-state index contributed by atoms with van der Waals surface area (Å²) >= 11 is 0. The van der Waals surface area contributed by atoms with Gasteiger partial charge in [0.25, 0.3) is 5.91 Å². The van der Waals surface area contributed by atoms with Crippen LogP contribution in [0.4, 0.5) is 0 Å². The lowest BCUT2D eigenvalue weighted by molar-refractivity contribution is 0.0808. The number of sulfone groups is 1. The number of likely N-dealkylation sites (tertiary alicyclic amines) is 1. The number of piperidine rings is 1. The lowest BCUT2D eigenvalue weighted by Gasteiger charge is -2.36. The van der Waals surface area contributed by atoms with E-state index in [4.69, 9.17) is 4.74 Å². The number of nitrogens with zero attached hydrogens (tertiary/aromatic N) is 1. The molecule has 1 amide bonds. The van der Waals surface area contributed by atoms with Gasteiger partial charge in [0, 0.05) is 31.2 Å². The van der Waals surface area contributed by atoms with Crippen LogP contribution < -0.4 is 10.1 Å². The number of hydrogen-bond acceptors (Lipinski definition) is 5. The van der Waals surface area contributed by atoms with E-state index in [1.807, 2.05) is 12.1 Å². The number of carbonyl (C=O) groups excluding carboxylic acids is 1. The number of ether oxygens (including phenoxy) is 1. The fraction of sp³-hybridized carbons (Fsp3) is 0.667. The third-order valence-electron chi connectivity index (χ3n) is 5.20. The van der Waals surface area contributed by atoms with Gasteiger partial charge >= 0.3 is 0 Å². The summed E-state index contributed by atoms with van der Waals surface area (Å²) in [6.07, 6.45) is 2.60. The van der Waals surface area contributed by atoms with Gasteiger partial charge in [-0.25, -0.2) is 8.42 Å². The molecule has 1 unspecified atom stereocenters.